The highest BCUT2D eigenvalue weighted by Gasteiger charge is 2.24. The molecule has 0 aliphatic carbocycles. The van der Waals surface area contributed by atoms with Crippen LogP contribution in [0.3, 0.4) is 0 Å². The normalized spacial score (nSPS) is 18.9. The molecule has 1 unspecified atom stereocenters. The van der Waals surface area contributed by atoms with Gasteiger partial charge in [0.1, 0.15) is 11.6 Å². The van der Waals surface area contributed by atoms with Crippen LogP contribution >= 0.6 is 0 Å². The SMILES string of the molecule is NCC(c1ccc(F)cc1F)N1CCCC1. The van der Waals surface area contributed by atoms with Crippen LogP contribution in [0.4, 0.5) is 8.78 Å². The summed E-state index contributed by atoms with van der Waals surface area (Å²) in [6.45, 7) is 2.25. The van der Waals surface area contributed by atoms with E-state index in [4.69, 9.17) is 5.73 Å². The molecule has 0 saturated carbocycles. The van der Waals surface area contributed by atoms with Crippen molar-refractivity contribution >= 4 is 0 Å². The van der Waals surface area contributed by atoms with Gasteiger partial charge in [0.2, 0.25) is 0 Å². The Morgan fingerprint density at radius 3 is 2.50 bits per heavy atom. The van der Waals surface area contributed by atoms with Crippen molar-refractivity contribution in [1.82, 2.24) is 4.90 Å². The summed E-state index contributed by atoms with van der Waals surface area (Å²) < 4.78 is 26.4. The van der Waals surface area contributed by atoms with E-state index < -0.39 is 11.6 Å². The van der Waals surface area contributed by atoms with E-state index in [-0.39, 0.29) is 6.04 Å². The Morgan fingerprint density at radius 1 is 1.25 bits per heavy atom. The molecule has 1 atom stereocenters. The lowest BCUT2D eigenvalue weighted by Gasteiger charge is -2.26. The molecular weight excluding hydrogens is 210 g/mol. The Balaban J connectivity index is 2.25. The van der Waals surface area contributed by atoms with Crippen molar-refractivity contribution in [2.75, 3.05) is 19.6 Å². The molecule has 1 aliphatic rings. The van der Waals surface area contributed by atoms with Gasteiger partial charge in [-0.05, 0) is 32.0 Å². The van der Waals surface area contributed by atoms with Gasteiger partial charge >= 0.3 is 0 Å². The smallest absolute Gasteiger partial charge is 0.130 e. The molecule has 1 fully saturated rings. The van der Waals surface area contributed by atoms with Crippen LogP contribution in [0.5, 0.6) is 0 Å². The van der Waals surface area contributed by atoms with Crippen LogP contribution in [-0.4, -0.2) is 24.5 Å². The standard InChI is InChI=1S/C12H16F2N2/c13-9-3-4-10(11(14)7-9)12(8-15)16-5-1-2-6-16/h3-4,7,12H,1-2,5-6,8,15H2. The molecular formula is C12H16F2N2. The fraction of sp³-hybridized carbons (Fsp3) is 0.500. The molecule has 1 aromatic rings. The second-order valence-corrected chi connectivity index (χ2v) is 4.16. The summed E-state index contributed by atoms with van der Waals surface area (Å²) in [6.07, 6.45) is 2.25. The monoisotopic (exact) mass is 226 g/mol. The van der Waals surface area contributed by atoms with Gasteiger partial charge in [0, 0.05) is 24.2 Å². The molecule has 1 saturated heterocycles. The molecule has 88 valence electrons. The summed E-state index contributed by atoms with van der Waals surface area (Å²) in [4.78, 5) is 2.16. The first-order valence-electron chi connectivity index (χ1n) is 5.61. The molecule has 1 aliphatic heterocycles. The third kappa shape index (κ3) is 2.23. The third-order valence-electron chi connectivity index (χ3n) is 3.13. The Morgan fingerprint density at radius 2 is 1.94 bits per heavy atom. The van der Waals surface area contributed by atoms with Crippen molar-refractivity contribution in [3.8, 4) is 0 Å². The van der Waals surface area contributed by atoms with Gasteiger partial charge in [0.25, 0.3) is 0 Å². The van der Waals surface area contributed by atoms with E-state index in [0.717, 1.165) is 32.0 Å². The lowest BCUT2D eigenvalue weighted by atomic mass is 10.0. The van der Waals surface area contributed by atoms with Gasteiger partial charge in [-0.1, -0.05) is 6.07 Å². The minimum Gasteiger partial charge on any atom is -0.329 e. The van der Waals surface area contributed by atoms with Crippen molar-refractivity contribution in [1.29, 1.82) is 0 Å². The predicted molar refractivity (Wildman–Crippen MR) is 59.0 cm³/mol. The highest BCUT2D eigenvalue weighted by atomic mass is 19.1. The third-order valence-corrected chi connectivity index (χ3v) is 3.13. The number of hydrogen-bond donors (Lipinski definition) is 1. The summed E-state index contributed by atoms with van der Waals surface area (Å²) in [5.41, 5.74) is 6.19. The van der Waals surface area contributed by atoms with Gasteiger partial charge in [-0.3, -0.25) is 4.90 Å². The highest BCUT2D eigenvalue weighted by Crippen LogP contribution is 2.26. The molecule has 0 amide bonds. The second-order valence-electron chi connectivity index (χ2n) is 4.16. The van der Waals surface area contributed by atoms with E-state index in [9.17, 15) is 8.78 Å². The molecule has 16 heavy (non-hydrogen) atoms. The average molecular weight is 226 g/mol. The van der Waals surface area contributed by atoms with Crippen molar-refractivity contribution in [2.24, 2.45) is 5.73 Å². The number of likely N-dealkylation sites (tertiary alicyclic amines) is 1. The van der Waals surface area contributed by atoms with Crippen LogP contribution in [-0.2, 0) is 0 Å². The summed E-state index contributed by atoms with van der Waals surface area (Å²) >= 11 is 0. The van der Waals surface area contributed by atoms with Gasteiger partial charge < -0.3 is 5.73 Å². The van der Waals surface area contributed by atoms with Crippen LogP contribution in [0.25, 0.3) is 0 Å². The van der Waals surface area contributed by atoms with Crippen LogP contribution in [0, 0.1) is 11.6 Å². The first-order chi connectivity index (χ1) is 7.72. The maximum atomic E-state index is 13.6. The Hall–Kier alpha value is -1.00. The van der Waals surface area contributed by atoms with Crippen molar-refractivity contribution < 1.29 is 8.78 Å². The second kappa shape index (κ2) is 4.89. The number of halogens is 2. The molecule has 0 radical (unpaired) electrons. The van der Waals surface area contributed by atoms with E-state index in [1.54, 1.807) is 0 Å². The zero-order valence-corrected chi connectivity index (χ0v) is 9.13. The first-order valence-corrected chi connectivity index (χ1v) is 5.61. The Labute approximate surface area is 94.0 Å². The summed E-state index contributed by atoms with van der Waals surface area (Å²) in [5.74, 6) is -1.04. The van der Waals surface area contributed by atoms with Crippen molar-refractivity contribution in [3.63, 3.8) is 0 Å². The van der Waals surface area contributed by atoms with Crippen molar-refractivity contribution in [3.05, 3.63) is 35.4 Å². The van der Waals surface area contributed by atoms with E-state index in [0.29, 0.717) is 12.1 Å². The number of benzene rings is 1. The van der Waals surface area contributed by atoms with Crippen LogP contribution in [0.15, 0.2) is 18.2 Å². The van der Waals surface area contributed by atoms with E-state index in [2.05, 4.69) is 4.90 Å². The maximum absolute atomic E-state index is 13.6. The molecule has 1 heterocycles. The minimum absolute atomic E-state index is 0.122. The minimum atomic E-state index is -0.543. The number of hydrogen-bond acceptors (Lipinski definition) is 2. The summed E-state index contributed by atoms with van der Waals surface area (Å²) in [6, 6.07) is 3.59. The van der Waals surface area contributed by atoms with Gasteiger partial charge in [0.05, 0.1) is 0 Å². The molecule has 1 aromatic carbocycles. The average Bonchev–Trinajstić information content (AvgIpc) is 2.75. The number of nitrogens with two attached hydrogens (primary N) is 1. The van der Waals surface area contributed by atoms with E-state index in [1.165, 1.54) is 12.1 Å². The predicted octanol–water partition coefficient (Wildman–Crippen LogP) is 2.06. The summed E-state index contributed by atoms with van der Waals surface area (Å²) in [7, 11) is 0. The molecule has 2 rings (SSSR count). The number of rotatable bonds is 3. The molecule has 0 spiro atoms. The quantitative estimate of drug-likeness (QED) is 0.854. The topological polar surface area (TPSA) is 29.3 Å². The largest absolute Gasteiger partial charge is 0.329 e. The fourth-order valence-electron chi connectivity index (χ4n) is 2.30. The zero-order chi connectivity index (χ0) is 11.5. The number of nitrogens with zero attached hydrogens (tertiary/aromatic N) is 1. The van der Waals surface area contributed by atoms with Crippen LogP contribution < -0.4 is 5.73 Å². The fourth-order valence-corrected chi connectivity index (χ4v) is 2.30. The lowest BCUT2D eigenvalue weighted by molar-refractivity contribution is 0.245. The molecule has 2 N–H and O–H groups in total. The summed E-state index contributed by atoms with van der Waals surface area (Å²) in [5, 5.41) is 0. The maximum Gasteiger partial charge on any atom is 0.130 e. The van der Waals surface area contributed by atoms with Gasteiger partial charge in [-0.25, -0.2) is 8.78 Å². The van der Waals surface area contributed by atoms with Crippen LogP contribution in [0.2, 0.25) is 0 Å². The highest BCUT2D eigenvalue weighted by molar-refractivity contribution is 5.22. The molecule has 0 bridgehead atoms. The Kier molecular flexibility index (Phi) is 3.51. The molecule has 4 heteroatoms. The molecule has 2 nitrogen and oxygen atoms in total. The van der Waals surface area contributed by atoms with Crippen molar-refractivity contribution in [2.45, 2.75) is 18.9 Å². The van der Waals surface area contributed by atoms with Crippen LogP contribution in [0.1, 0.15) is 24.4 Å². The lowest BCUT2D eigenvalue weighted by Crippen LogP contribution is -2.32. The van der Waals surface area contributed by atoms with Gasteiger partial charge in [-0.2, -0.15) is 0 Å². The molecule has 0 aromatic heterocycles. The first kappa shape index (κ1) is 11.5. The van der Waals surface area contributed by atoms with E-state index >= 15 is 0 Å². The van der Waals surface area contributed by atoms with Gasteiger partial charge in [0.15, 0.2) is 0 Å². The van der Waals surface area contributed by atoms with Gasteiger partial charge in [-0.15, -0.1) is 0 Å². The Bertz CT molecular complexity index is 362. The zero-order valence-electron chi connectivity index (χ0n) is 9.13. The van der Waals surface area contributed by atoms with E-state index in [1.807, 2.05) is 0 Å².